The Morgan fingerprint density at radius 2 is 1.78 bits per heavy atom. The molecule has 2 aliphatic rings. The van der Waals surface area contributed by atoms with Gasteiger partial charge in [-0.15, -0.1) is 0 Å². The van der Waals surface area contributed by atoms with Gasteiger partial charge < -0.3 is 9.80 Å². The van der Waals surface area contributed by atoms with Crippen LogP contribution in [0.2, 0.25) is 0 Å². The zero-order valence-corrected chi connectivity index (χ0v) is 16.5. The van der Waals surface area contributed by atoms with E-state index in [2.05, 4.69) is 17.0 Å². The van der Waals surface area contributed by atoms with Crippen molar-refractivity contribution in [1.29, 1.82) is 0 Å². The van der Waals surface area contributed by atoms with Crippen molar-refractivity contribution in [2.24, 2.45) is 0 Å². The van der Waals surface area contributed by atoms with Crippen LogP contribution in [0.5, 0.6) is 0 Å². The normalized spacial score (nSPS) is 22.6. The highest BCUT2D eigenvalue weighted by molar-refractivity contribution is 7.91. The third-order valence-electron chi connectivity index (χ3n) is 5.33. The fourth-order valence-electron chi connectivity index (χ4n) is 3.76. The summed E-state index contributed by atoms with van der Waals surface area (Å²) in [5, 5.41) is 0. The Morgan fingerprint density at radius 1 is 1.11 bits per heavy atom. The summed E-state index contributed by atoms with van der Waals surface area (Å²) in [5.74, 6) is -0.291. The second kappa shape index (κ2) is 8.39. The number of carbonyl (C=O) groups excluding carboxylic acids is 2. The third-order valence-corrected chi connectivity index (χ3v) is 7.08. The number of nitrogens with zero attached hydrogens (tertiary/aromatic N) is 3. The second-order valence-corrected chi connectivity index (χ2v) is 9.58. The predicted molar refractivity (Wildman–Crippen MR) is 103 cm³/mol. The van der Waals surface area contributed by atoms with Crippen LogP contribution >= 0.6 is 0 Å². The Morgan fingerprint density at radius 3 is 2.33 bits per heavy atom. The number of piperazine rings is 1. The van der Waals surface area contributed by atoms with E-state index in [0.29, 0.717) is 19.5 Å². The number of hydrogen-bond acceptors (Lipinski definition) is 5. The van der Waals surface area contributed by atoms with Gasteiger partial charge in [-0.3, -0.25) is 14.5 Å². The molecule has 1 unspecified atom stereocenters. The van der Waals surface area contributed by atoms with Gasteiger partial charge in [-0.25, -0.2) is 8.42 Å². The van der Waals surface area contributed by atoms with Gasteiger partial charge in [-0.1, -0.05) is 30.3 Å². The van der Waals surface area contributed by atoms with E-state index in [0.717, 1.165) is 19.6 Å². The number of rotatable bonds is 5. The molecule has 2 saturated heterocycles. The molecule has 1 aromatic rings. The lowest BCUT2D eigenvalue weighted by Gasteiger charge is -2.36. The molecule has 0 spiro atoms. The molecule has 27 heavy (non-hydrogen) atoms. The lowest BCUT2D eigenvalue weighted by molar-refractivity contribution is -0.142. The van der Waals surface area contributed by atoms with Gasteiger partial charge in [-0.2, -0.15) is 0 Å². The Kier molecular flexibility index (Phi) is 6.16. The van der Waals surface area contributed by atoms with Crippen LogP contribution in [0.1, 0.15) is 18.9 Å². The van der Waals surface area contributed by atoms with E-state index in [-0.39, 0.29) is 35.9 Å². The molecule has 2 fully saturated rings. The first kappa shape index (κ1) is 19.8. The molecule has 2 aliphatic heterocycles. The van der Waals surface area contributed by atoms with E-state index >= 15 is 0 Å². The SMILES string of the molecule is CC(=O)N(CC(=O)N1CCN(Cc2ccccc2)CC1)C1CCS(=O)(=O)C1. The molecule has 1 atom stereocenters. The topological polar surface area (TPSA) is 78.0 Å². The molecule has 7 nitrogen and oxygen atoms in total. The minimum Gasteiger partial charge on any atom is -0.339 e. The monoisotopic (exact) mass is 393 g/mol. The summed E-state index contributed by atoms with van der Waals surface area (Å²) >= 11 is 0. The smallest absolute Gasteiger partial charge is 0.242 e. The van der Waals surface area contributed by atoms with Gasteiger partial charge in [-0.05, 0) is 12.0 Å². The van der Waals surface area contributed by atoms with Gasteiger partial charge in [0.05, 0.1) is 11.5 Å². The average molecular weight is 394 g/mol. The van der Waals surface area contributed by atoms with Gasteiger partial charge in [0.15, 0.2) is 9.84 Å². The van der Waals surface area contributed by atoms with Crippen LogP contribution in [0.25, 0.3) is 0 Å². The molecule has 0 bridgehead atoms. The van der Waals surface area contributed by atoms with Gasteiger partial charge in [0, 0.05) is 45.7 Å². The summed E-state index contributed by atoms with van der Waals surface area (Å²) in [4.78, 5) is 30.2. The highest BCUT2D eigenvalue weighted by Crippen LogP contribution is 2.18. The van der Waals surface area contributed by atoms with Crippen LogP contribution in [-0.4, -0.2) is 85.2 Å². The largest absolute Gasteiger partial charge is 0.339 e. The minimum atomic E-state index is -3.10. The van der Waals surface area contributed by atoms with Crippen molar-refractivity contribution in [1.82, 2.24) is 14.7 Å². The molecule has 148 valence electrons. The Hall–Kier alpha value is -1.93. The predicted octanol–water partition coefficient (Wildman–Crippen LogP) is 0.366. The molecule has 2 heterocycles. The van der Waals surface area contributed by atoms with Gasteiger partial charge in [0.1, 0.15) is 6.54 Å². The molecule has 0 N–H and O–H groups in total. The molecule has 0 aromatic heterocycles. The summed E-state index contributed by atoms with van der Waals surface area (Å²) in [6.45, 7) is 5.06. The summed E-state index contributed by atoms with van der Waals surface area (Å²) in [7, 11) is -3.10. The van der Waals surface area contributed by atoms with E-state index < -0.39 is 9.84 Å². The highest BCUT2D eigenvalue weighted by Gasteiger charge is 2.35. The number of benzene rings is 1. The average Bonchev–Trinajstić information content (AvgIpc) is 3.00. The van der Waals surface area contributed by atoms with Crippen LogP contribution in [0.3, 0.4) is 0 Å². The summed E-state index contributed by atoms with van der Waals surface area (Å²) in [5.41, 5.74) is 1.25. The van der Waals surface area contributed by atoms with E-state index in [4.69, 9.17) is 0 Å². The molecule has 8 heteroatoms. The van der Waals surface area contributed by atoms with Crippen LogP contribution in [0, 0.1) is 0 Å². The van der Waals surface area contributed by atoms with Crippen molar-refractivity contribution in [3.8, 4) is 0 Å². The standard InChI is InChI=1S/C19H27N3O4S/c1-16(23)22(18-7-12-27(25,26)15-18)14-19(24)21-10-8-20(9-11-21)13-17-5-3-2-4-6-17/h2-6,18H,7-15H2,1H3. The molecular weight excluding hydrogens is 366 g/mol. The molecule has 0 radical (unpaired) electrons. The zero-order valence-electron chi connectivity index (χ0n) is 15.7. The van der Waals surface area contributed by atoms with E-state index in [1.807, 2.05) is 18.2 Å². The maximum atomic E-state index is 12.7. The third kappa shape index (κ3) is 5.29. The van der Waals surface area contributed by atoms with Crippen LogP contribution in [-0.2, 0) is 26.0 Å². The van der Waals surface area contributed by atoms with E-state index in [1.54, 1.807) is 4.90 Å². The Balaban J connectivity index is 1.51. The van der Waals surface area contributed by atoms with Crippen molar-refractivity contribution in [3.63, 3.8) is 0 Å². The zero-order chi connectivity index (χ0) is 19.4. The van der Waals surface area contributed by atoms with Gasteiger partial charge in [0.25, 0.3) is 0 Å². The fraction of sp³-hybridized carbons (Fsp3) is 0.579. The van der Waals surface area contributed by atoms with Gasteiger partial charge in [0.2, 0.25) is 11.8 Å². The first-order chi connectivity index (χ1) is 12.8. The Labute approximate surface area is 160 Å². The molecule has 1 aromatic carbocycles. The van der Waals surface area contributed by atoms with Crippen molar-refractivity contribution in [3.05, 3.63) is 35.9 Å². The summed E-state index contributed by atoms with van der Waals surface area (Å²) in [6.07, 6.45) is 0.417. The quantitative estimate of drug-likeness (QED) is 0.722. The van der Waals surface area contributed by atoms with Crippen molar-refractivity contribution in [2.75, 3.05) is 44.2 Å². The van der Waals surface area contributed by atoms with Crippen molar-refractivity contribution < 1.29 is 18.0 Å². The number of sulfone groups is 1. The van der Waals surface area contributed by atoms with Gasteiger partial charge >= 0.3 is 0 Å². The van der Waals surface area contributed by atoms with Crippen LogP contribution < -0.4 is 0 Å². The molecule has 2 amide bonds. The maximum absolute atomic E-state index is 12.7. The minimum absolute atomic E-state index is 0.0335. The molecule has 3 rings (SSSR count). The first-order valence-electron chi connectivity index (χ1n) is 9.36. The number of amides is 2. The van der Waals surface area contributed by atoms with Crippen molar-refractivity contribution in [2.45, 2.75) is 25.9 Å². The first-order valence-corrected chi connectivity index (χ1v) is 11.2. The van der Waals surface area contributed by atoms with E-state index in [1.165, 1.54) is 17.4 Å². The summed E-state index contributed by atoms with van der Waals surface area (Å²) in [6, 6.07) is 9.85. The summed E-state index contributed by atoms with van der Waals surface area (Å²) < 4.78 is 23.4. The van der Waals surface area contributed by atoms with Crippen LogP contribution in [0.4, 0.5) is 0 Å². The highest BCUT2D eigenvalue weighted by atomic mass is 32.2. The number of hydrogen-bond donors (Lipinski definition) is 0. The number of carbonyl (C=O) groups is 2. The van der Waals surface area contributed by atoms with Crippen LogP contribution in [0.15, 0.2) is 30.3 Å². The van der Waals surface area contributed by atoms with E-state index in [9.17, 15) is 18.0 Å². The fourth-order valence-corrected chi connectivity index (χ4v) is 5.49. The van der Waals surface area contributed by atoms with Crippen molar-refractivity contribution >= 4 is 21.7 Å². The Bertz CT molecular complexity index is 773. The molecular formula is C19H27N3O4S. The molecule has 0 saturated carbocycles. The molecule has 0 aliphatic carbocycles. The maximum Gasteiger partial charge on any atom is 0.242 e. The second-order valence-electron chi connectivity index (χ2n) is 7.35. The lowest BCUT2D eigenvalue weighted by Crippen LogP contribution is -2.52. The lowest BCUT2D eigenvalue weighted by atomic mass is 10.2.